The van der Waals surface area contributed by atoms with E-state index in [0.717, 1.165) is 38.5 Å². The number of carbonyl (C=O) groups excluding carboxylic acids is 1. The highest BCUT2D eigenvalue weighted by molar-refractivity contribution is 5.76. The molecule has 2 aliphatic heterocycles. The van der Waals surface area contributed by atoms with Crippen LogP contribution in [-0.4, -0.2) is 140 Å². The third kappa shape index (κ3) is 35.6. The van der Waals surface area contributed by atoms with Gasteiger partial charge >= 0.3 is 0 Å². The lowest BCUT2D eigenvalue weighted by molar-refractivity contribution is -0.359. The summed E-state index contributed by atoms with van der Waals surface area (Å²) in [5.41, 5.74) is 0. The van der Waals surface area contributed by atoms with Crippen molar-refractivity contribution in [2.45, 2.75) is 338 Å². The van der Waals surface area contributed by atoms with Gasteiger partial charge in [0.1, 0.15) is 48.8 Å². The van der Waals surface area contributed by atoms with Gasteiger partial charge in [0.2, 0.25) is 5.91 Å². The topological polar surface area (TPSA) is 228 Å². The quantitative estimate of drug-likeness (QED) is 0.0204. The van der Waals surface area contributed by atoms with Crippen molar-refractivity contribution in [3.05, 3.63) is 48.6 Å². The van der Waals surface area contributed by atoms with E-state index in [0.29, 0.717) is 12.8 Å². The van der Waals surface area contributed by atoms with Gasteiger partial charge in [0, 0.05) is 6.42 Å². The molecule has 0 bridgehead atoms. The molecule has 2 saturated heterocycles. The minimum atomic E-state index is -1.79. The van der Waals surface area contributed by atoms with E-state index in [1.165, 1.54) is 193 Å². The molecule has 0 spiro atoms. The van der Waals surface area contributed by atoms with Crippen LogP contribution in [0.3, 0.4) is 0 Å². The van der Waals surface area contributed by atoms with Gasteiger partial charge in [-0.3, -0.25) is 4.79 Å². The molecule has 0 aromatic carbocycles. The number of carbonyl (C=O) groups is 1. The van der Waals surface area contributed by atoms with E-state index in [9.17, 15) is 45.6 Å². The van der Waals surface area contributed by atoms with E-state index < -0.39 is 86.8 Å². The molecule has 79 heavy (non-hydrogen) atoms. The van der Waals surface area contributed by atoms with Gasteiger partial charge in [-0.05, 0) is 64.2 Å². The van der Waals surface area contributed by atoms with Crippen molar-refractivity contribution in [3.63, 3.8) is 0 Å². The maximum atomic E-state index is 13.3. The predicted octanol–water partition coefficient (Wildman–Crippen LogP) is 12.0. The Labute approximate surface area is 480 Å². The lowest BCUT2D eigenvalue weighted by Gasteiger charge is -2.46. The van der Waals surface area contributed by atoms with Crippen LogP contribution in [0.25, 0.3) is 0 Å². The van der Waals surface area contributed by atoms with Crippen LogP contribution >= 0.6 is 0 Å². The van der Waals surface area contributed by atoms with Gasteiger partial charge < -0.3 is 65.1 Å². The number of hydrogen-bond donors (Lipinski definition) is 9. The second-order valence-corrected chi connectivity index (χ2v) is 22.9. The Bertz CT molecular complexity index is 1510. The van der Waals surface area contributed by atoms with Crippen molar-refractivity contribution >= 4 is 5.91 Å². The van der Waals surface area contributed by atoms with E-state index in [1.807, 2.05) is 6.08 Å². The number of nitrogens with one attached hydrogen (secondary N) is 1. The first-order valence-corrected chi connectivity index (χ1v) is 32.4. The molecule has 2 fully saturated rings. The summed E-state index contributed by atoms with van der Waals surface area (Å²) in [6.07, 6.45) is 47.3. The fourth-order valence-electron chi connectivity index (χ4n) is 10.5. The van der Waals surface area contributed by atoms with E-state index in [2.05, 4.69) is 55.6 Å². The van der Waals surface area contributed by atoms with Crippen molar-refractivity contribution in [2.24, 2.45) is 0 Å². The fraction of sp³-hybridized carbons (Fsp3) is 0.862. The molecule has 0 aromatic heterocycles. The number of rotatable bonds is 52. The Morgan fingerprint density at radius 1 is 0.456 bits per heavy atom. The molecule has 2 heterocycles. The molecular weight excluding hydrogens is 1000 g/mol. The number of aliphatic hydroxyl groups excluding tert-OH is 8. The molecule has 2 aliphatic rings. The van der Waals surface area contributed by atoms with Crippen LogP contribution in [-0.2, 0) is 23.7 Å². The molecule has 1 amide bonds. The van der Waals surface area contributed by atoms with Gasteiger partial charge in [0.15, 0.2) is 12.6 Å². The molecule has 12 atom stereocenters. The molecule has 0 radical (unpaired) electrons. The van der Waals surface area contributed by atoms with Gasteiger partial charge in [-0.1, -0.05) is 242 Å². The molecule has 14 nitrogen and oxygen atoms in total. The first-order chi connectivity index (χ1) is 38.6. The summed E-state index contributed by atoms with van der Waals surface area (Å²) in [5, 5.41) is 87.2. The zero-order valence-corrected chi connectivity index (χ0v) is 49.9. The lowest BCUT2D eigenvalue weighted by atomic mass is 9.97. The highest BCUT2D eigenvalue weighted by atomic mass is 16.7. The number of aliphatic hydroxyl groups is 8. The van der Waals surface area contributed by atoms with E-state index in [4.69, 9.17) is 18.9 Å². The van der Waals surface area contributed by atoms with Gasteiger partial charge in [-0.25, -0.2) is 0 Å². The summed E-state index contributed by atoms with van der Waals surface area (Å²) in [4.78, 5) is 13.3. The maximum Gasteiger partial charge on any atom is 0.220 e. The van der Waals surface area contributed by atoms with Crippen molar-refractivity contribution in [1.29, 1.82) is 0 Å². The second-order valence-electron chi connectivity index (χ2n) is 22.9. The Hall–Kier alpha value is -2.05. The van der Waals surface area contributed by atoms with Crippen LogP contribution in [0.15, 0.2) is 48.6 Å². The van der Waals surface area contributed by atoms with Crippen LogP contribution in [0.5, 0.6) is 0 Å². The highest BCUT2D eigenvalue weighted by Crippen LogP contribution is 2.30. The Kier molecular flexibility index (Phi) is 46.7. The molecule has 14 heteroatoms. The zero-order valence-electron chi connectivity index (χ0n) is 49.9. The maximum absolute atomic E-state index is 13.3. The average Bonchev–Trinajstić information content (AvgIpc) is 3.46. The molecule has 462 valence electrons. The summed E-state index contributed by atoms with van der Waals surface area (Å²) in [6.45, 7) is 2.79. The molecule has 0 aromatic rings. The number of hydrogen-bond acceptors (Lipinski definition) is 13. The van der Waals surface area contributed by atoms with Gasteiger partial charge in [0.25, 0.3) is 0 Å². The normalized spacial score (nSPS) is 24.7. The van der Waals surface area contributed by atoms with Crippen LogP contribution in [0.1, 0.15) is 264 Å². The lowest BCUT2D eigenvalue weighted by Crippen LogP contribution is -2.65. The smallest absolute Gasteiger partial charge is 0.220 e. The van der Waals surface area contributed by atoms with Crippen LogP contribution in [0.2, 0.25) is 0 Å². The Morgan fingerprint density at radius 2 is 0.848 bits per heavy atom. The molecule has 0 saturated carbocycles. The van der Waals surface area contributed by atoms with Crippen LogP contribution in [0, 0.1) is 0 Å². The third-order valence-electron chi connectivity index (χ3n) is 15.7. The summed E-state index contributed by atoms with van der Waals surface area (Å²) in [6, 6.07) is -0.932. The van der Waals surface area contributed by atoms with Crippen molar-refractivity contribution in [2.75, 3.05) is 19.8 Å². The number of allylic oxidation sites excluding steroid dienone is 7. The van der Waals surface area contributed by atoms with Crippen molar-refractivity contribution in [3.8, 4) is 0 Å². The van der Waals surface area contributed by atoms with Crippen LogP contribution in [0.4, 0.5) is 0 Å². The average molecular weight is 1120 g/mol. The minimum Gasteiger partial charge on any atom is -0.394 e. The zero-order chi connectivity index (χ0) is 57.4. The van der Waals surface area contributed by atoms with Crippen LogP contribution < -0.4 is 5.32 Å². The first-order valence-electron chi connectivity index (χ1n) is 32.4. The van der Waals surface area contributed by atoms with Gasteiger partial charge in [-0.15, -0.1) is 0 Å². The van der Waals surface area contributed by atoms with E-state index in [1.54, 1.807) is 6.08 Å². The molecular formula is C65H119NO13. The summed E-state index contributed by atoms with van der Waals surface area (Å²) in [7, 11) is 0. The fourth-order valence-corrected chi connectivity index (χ4v) is 10.5. The molecule has 9 N–H and O–H groups in total. The van der Waals surface area contributed by atoms with E-state index in [-0.39, 0.29) is 18.9 Å². The standard InChI is InChI=1S/C65H119NO13/c1-3-5-7-9-11-13-15-17-19-21-23-24-25-26-27-28-29-30-31-33-35-37-39-41-43-45-47-49-57(70)66-53(54(69)48-46-44-42-40-38-36-34-32-22-20-18-16-14-12-10-8-6-4-2)52-76-64-62(75)60(73)63(56(51-68)78-64)79-65-61(74)59(72)58(71)55(50-67)77-65/h15,17,21,23,38,40,46,48,53-56,58-65,67-69,71-75H,3-14,16,18-20,22,24-37,39,41-45,47,49-52H2,1-2H3,(H,66,70)/b17-15-,23-21-,40-38+,48-46+. The largest absolute Gasteiger partial charge is 0.394 e. The summed E-state index contributed by atoms with van der Waals surface area (Å²) < 4.78 is 22.8. The second kappa shape index (κ2) is 50.5. The molecule has 12 unspecified atom stereocenters. The van der Waals surface area contributed by atoms with Gasteiger partial charge in [-0.2, -0.15) is 0 Å². The Morgan fingerprint density at radius 3 is 1.32 bits per heavy atom. The highest BCUT2D eigenvalue weighted by Gasteiger charge is 2.51. The number of unbranched alkanes of at least 4 members (excludes halogenated alkanes) is 33. The van der Waals surface area contributed by atoms with Crippen molar-refractivity contribution in [1.82, 2.24) is 5.32 Å². The van der Waals surface area contributed by atoms with Crippen molar-refractivity contribution < 1.29 is 64.6 Å². The molecule has 2 rings (SSSR count). The monoisotopic (exact) mass is 1120 g/mol. The number of ether oxygens (including phenoxy) is 4. The SMILES string of the molecule is CCCCCCC/C=C\C/C=C\CCCCCCCCCCCCCCCCCC(=O)NC(COC1OC(CO)C(OC2OC(CO)C(O)C(O)C2O)C(O)C1O)C(O)/C=C/CC/C=C/CCCCCCCCCCCCCC. The first kappa shape index (κ1) is 73.1. The van der Waals surface area contributed by atoms with Gasteiger partial charge in [0.05, 0.1) is 32.0 Å². The summed E-state index contributed by atoms with van der Waals surface area (Å²) in [5.74, 6) is -0.247. The Balaban J connectivity index is 1.72. The predicted molar refractivity (Wildman–Crippen MR) is 318 cm³/mol. The molecule has 0 aliphatic carbocycles. The third-order valence-corrected chi connectivity index (χ3v) is 15.7. The minimum absolute atomic E-state index is 0.247. The number of amides is 1. The summed E-state index contributed by atoms with van der Waals surface area (Å²) >= 11 is 0. The van der Waals surface area contributed by atoms with E-state index >= 15 is 0 Å².